The van der Waals surface area contributed by atoms with Crippen molar-refractivity contribution in [3.05, 3.63) is 24.3 Å². The van der Waals surface area contributed by atoms with Gasteiger partial charge in [-0.1, -0.05) is 20.8 Å². The number of halogens is 2. The van der Waals surface area contributed by atoms with Crippen LogP contribution < -0.4 is 10.1 Å². The molecule has 1 N–H and O–H groups in total. The lowest BCUT2D eigenvalue weighted by Gasteiger charge is -2.36. The van der Waals surface area contributed by atoms with Gasteiger partial charge in [-0.05, 0) is 61.3 Å². The summed E-state index contributed by atoms with van der Waals surface area (Å²) in [6, 6.07) is 5.51. The summed E-state index contributed by atoms with van der Waals surface area (Å²) in [5, 5.41) is 2.55. The van der Waals surface area contributed by atoms with Gasteiger partial charge in [0.2, 0.25) is 0 Å². The molecule has 1 aliphatic carbocycles. The largest absolute Gasteiger partial charge is 0.455 e. The van der Waals surface area contributed by atoms with Gasteiger partial charge >= 0.3 is 12.6 Å². The molecule has 1 aromatic rings. The molecule has 1 saturated carbocycles. The molecule has 1 aliphatic rings. The zero-order valence-electron chi connectivity index (χ0n) is 16.0. The predicted octanol–water partition coefficient (Wildman–Crippen LogP) is 4.62. The predicted molar refractivity (Wildman–Crippen MR) is 97.6 cm³/mol. The first kappa shape index (κ1) is 21.1. The van der Waals surface area contributed by atoms with Crippen molar-refractivity contribution in [2.24, 2.45) is 17.3 Å². The fourth-order valence-corrected chi connectivity index (χ4v) is 3.37. The Kier molecular flexibility index (Phi) is 7.16. The minimum absolute atomic E-state index is 0.000265. The molecule has 0 saturated heterocycles. The fourth-order valence-electron chi connectivity index (χ4n) is 3.37. The van der Waals surface area contributed by atoms with Crippen molar-refractivity contribution in [3.8, 4) is 5.75 Å². The number of benzene rings is 1. The number of esters is 1. The molecule has 1 amide bonds. The Morgan fingerprint density at radius 2 is 1.70 bits per heavy atom. The first-order chi connectivity index (χ1) is 12.6. The van der Waals surface area contributed by atoms with Crippen LogP contribution in [0.3, 0.4) is 0 Å². The smallest absolute Gasteiger partial charge is 0.387 e. The van der Waals surface area contributed by atoms with Crippen molar-refractivity contribution in [1.82, 2.24) is 0 Å². The van der Waals surface area contributed by atoms with E-state index in [1.165, 1.54) is 24.3 Å². The van der Waals surface area contributed by atoms with Gasteiger partial charge in [-0.2, -0.15) is 8.78 Å². The summed E-state index contributed by atoms with van der Waals surface area (Å²) in [6.45, 7) is 3.38. The van der Waals surface area contributed by atoms with Crippen LogP contribution in [0.4, 0.5) is 14.5 Å². The minimum Gasteiger partial charge on any atom is -0.455 e. The van der Waals surface area contributed by atoms with E-state index in [2.05, 4.69) is 30.8 Å². The highest BCUT2D eigenvalue weighted by Crippen LogP contribution is 2.40. The van der Waals surface area contributed by atoms with Crippen LogP contribution in [0.25, 0.3) is 0 Å². The van der Waals surface area contributed by atoms with Crippen molar-refractivity contribution < 1.29 is 27.8 Å². The number of anilines is 1. The van der Waals surface area contributed by atoms with E-state index in [0.717, 1.165) is 25.7 Å². The van der Waals surface area contributed by atoms with E-state index >= 15 is 0 Å². The number of carbonyl (C=O) groups is 2. The molecule has 0 aromatic heterocycles. The van der Waals surface area contributed by atoms with E-state index in [-0.39, 0.29) is 29.7 Å². The average molecular weight is 383 g/mol. The van der Waals surface area contributed by atoms with Crippen LogP contribution in [0.1, 0.15) is 46.5 Å². The zero-order valence-corrected chi connectivity index (χ0v) is 16.0. The van der Waals surface area contributed by atoms with E-state index in [1.54, 1.807) is 0 Å². The van der Waals surface area contributed by atoms with Gasteiger partial charge in [-0.3, -0.25) is 9.59 Å². The third-order valence-electron chi connectivity index (χ3n) is 4.99. The van der Waals surface area contributed by atoms with E-state index in [9.17, 15) is 18.4 Å². The quantitative estimate of drug-likeness (QED) is 0.728. The summed E-state index contributed by atoms with van der Waals surface area (Å²) in [7, 11) is 0. The molecule has 0 atom stereocenters. The molecular weight excluding hydrogens is 356 g/mol. The summed E-state index contributed by atoms with van der Waals surface area (Å²) in [5.41, 5.74) is 0.647. The van der Waals surface area contributed by atoms with Gasteiger partial charge in [0.05, 0.1) is 5.92 Å². The van der Waals surface area contributed by atoms with Gasteiger partial charge in [-0.25, -0.2) is 0 Å². The van der Waals surface area contributed by atoms with E-state index in [4.69, 9.17) is 4.74 Å². The van der Waals surface area contributed by atoms with E-state index in [0.29, 0.717) is 11.6 Å². The highest BCUT2D eigenvalue weighted by Gasteiger charge is 2.33. The second-order valence-electron chi connectivity index (χ2n) is 7.97. The summed E-state index contributed by atoms with van der Waals surface area (Å²) in [4.78, 5) is 24.1. The summed E-state index contributed by atoms with van der Waals surface area (Å²) < 4.78 is 33.6. The lowest BCUT2D eigenvalue weighted by atomic mass is 9.70. The molecule has 1 aromatic carbocycles. The monoisotopic (exact) mass is 383 g/mol. The number of hydrogen-bond donors (Lipinski definition) is 1. The Bertz CT molecular complexity index is 632. The van der Waals surface area contributed by atoms with Crippen LogP contribution in [0.2, 0.25) is 0 Å². The van der Waals surface area contributed by atoms with Gasteiger partial charge in [0.15, 0.2) is 6.61 Å². The standard InChI is InChI=1S/C20H27F2NO4/c1-20(2,3)14-6-4-13(5-7-14)18(25)26-12-17(24)23-15-8-10-16(11-9-15)27-19(21)22/h8-11,13-14,19H,4-7,12H2,1-3H3,(H,23,24). The number of alkyl halides is 2. The topological polar surface area (TPSA) is 64.6 Å². The van der Waals surface area contributed by atoms with E-state index in [1.807, 2.05) is 0 Å². The van der Waals surface area contributed by atoms with Gasteiger partial charge in [0, 0.05) is 5.69 Å². The second kappa shape index (κ2) is 9.15. The number of amides is 1. The summed E-state index contributed by atoms with van der Waals surface area (Å²) in [6.07, 6.45) is 3.55. The van der Waals surface area contributed by atoms with Gasteiger partial charge in [0.25, 0.3) is 5.91 Å². The Morgan fingerprint density at radius 1 is 1.11 bits per heavy atom. The van der Waals surface area contributed by atoms with Crippen LogP contribution in [0.5, 0.6) is 5.75 Å². The van der Waals surface area contributed by atoms with Crippen molar-refractivity contribution in [2.45, 2.75) is 53.1 Å². The third kappa shape index (κ3) is 6.81. The maximum atomic E-state index is 12.2. The molecule has 0 spiro atoms. The second-order valence-corrected chi connectivity index (χ2v) is 7.97. The molecule has 5 nitrogen and oxygen atoms in total. The van der Waals surface area contributed by atoms with Crippen LogP contribution in [-0.2, 0) is 14.3 Å². The van der Waals surface area contributed by atoms with Crippen molar-refractivity contribution in [3.63, 3.8) is 0 Å². The molecule has 0 radical (unpaired) electrons. The highest BCUT2D eigenvalue weighted by atomic mass is 19.3. The minimum atomic E-state index is -2.90. The Hall–Kier alpha value is -2.18. The van der Waals surface area contributed by atoms with E-state index < -0.39 is 12.5 Å². The number of carbonyl (C=O) groups excluding carboxylic acids is 2. The van der Waals surface area contributed by atoms with Gasteiger partial charge < -0.3 is 14.8 Å². The zero-order chi connectivity index (χ0) is 20.0. The SMILES string of the molecule is CC(C)(C)C1CCC(C(=O)OCC(=O)Nc2ccc(OC(F)F)cc2)CC1. The molecule has 0 unspecified atom stereocenters. The molecule has 2 rings (SSSR count). The van der Waals surface area contributed by atoms with Crippen molar-refractivity contribution in [2.75, 3.05) is 11.9 Å². The Labute approximate surface area is 158 Å². The molecular formula is C20H27F2NO4. The fraction of sp³-hybridized carbons (Fsp3) is 0.600. The highest BCUT2D eigenvalue weighted by molar-refractivity contribution is 5.92. The molecule has 0 bridgehead atoms. The Morgan fingerprint density at radius 3 is 2.22 bits per heavy atom. The van der Waals surface area contributed by atoms with Gasteiger partial charge in [-0.15, -0.1) is 0 Å². The molecule has 1 fully saturated rings. The van der Waals surface area contributed by atoms with Crippen LogP contribution >= 0.6 is 0 Å². The molecule has 0 heterocycles. The third-order valence-corrected chi connectivity index (χ3v) is 4.99. The van der Waals surface area contributed by atoms with Crippen LogP contribution in [0, 0.1) is 17.3 Å². The van der Waals surface area contributed by atoms with Crippen molar-refractivity contribution >= 4 is 17.6 Å². The maximum Gasteiger partial charge on any atom is 0.387 e. The number of nitrogens with one attached hydrogen (secondary N) is 1. The molecule has 150 valence electrons. The molecule has 27 heavy (non-hydrogen) atoms. The number of rotatable bonds is 6. The normalized spacial score (nSPS) is 20.2. The molecule has 7 heteroatoms. The summed E-state index contributed by atoms with van der Waals surface area (Å²) in [5.74, 6) is -0.364. The van der Waals surface area contributed by atoms with Crippen molar-refractivity contribution in [1.29, 1.82) is 0 Å². The number of ether oxygens (including phenoxy) is 2. The Balaban J connectivity index is 1.73. The van der Waals surface area contributed by atoms with Gasteiger partial charge in [0.1, 0.15) is 5.75 Å². The average Bonchev–Trinajstić information content (AvgIpc) is 2.60. The lowest BCUT2D eigenvalue weighted by molar-refractivity contribution is -0.153. The molecule has 0 aliphatic heterocycles. The maximum absolute atomic E-state index is 12.2. The summed E-state index contributed by atoms with van der Waals surface area (Å²) >= 11 is 0. The lowest BCUT2D eigenvalue weighted by Crippen LogP contribution is -2.31. The first-order valence-corrected chi connectivity index (χ1v) is 9.16. The number of hydrogen-bond acceptors (Lipinski definition) is 4. The van der Waals surface area contributed by atoms with Crippen LogP contribution in [0.15, 0.2) is 24.3 Å². The first-order valence-electron chi connectivity index (χ1n) is 9.16. The van der Waals surface area contributed by atoms with Crippen LogP contribution in [-0.4, -0.2) is 25.1 Å².